The number of phenolic OH excluding ortho intramolecular Hbond substituents is 1. The first-order chi connectivity index (χ1) is 10.8. The number of nitro benzene ring substituents is 2. The zero-order valence-corrected chi connectivity index (χ0v) is 13.3. The summed E-state index contributed by atoms with van der Waals surface area (Å²) in [7, 11) is 0. The molecule has 0 aliphatic carbocycles. The summed E-state index contributed by atoms with van der Waals surface area (Å²) in [6, 6.07) is 6.51. The number of aromatic hydroxyl groups is 1. The SMILES string of the molecule is Cc1cc([N+](=O)[O-])ccc1N=Cc1cc([N+](=O)[O-])cc(Br)c1O. The first-order valence-electron chi connectivity index (χ1n) is 6.25. The van der Waals surface area contributed by atoms with Gasteiger partial charge in [0.1, 0.15) is 5.75 Å². The molecule has 9 heteroatoms. The van der Waals surface area contributed by atoms with E-state index in [1.807, 2.05) is 0 Å². The summed E-state index contributed by atoms with van der Waals surface area (Å²) in [4.78, 5) is 24.6. The Morgan fingerprint density at radius 3 is 2.35 bits per heavy atom. The minimum atomic E-state index is -0.585. The summed E-state index contributed by atoms with van der Waals surface area (Å²) >= 11 is 3.04. The Morgan fingerprint density at radius 1 is 1.13 bits per heavy atom. The van der Waals surface area contributed by atoms with Crippen LogP contribution in [-0.2, 0) is 0 Å². The second kappa shape index (κ2) is 6.53. The van der Waals surface area contributed by atoms with Crippen LogP contribution in [0.25, 0.3) is 0 Å². The molecule has 118 valence electrons. The zero-order chi connectivity index (χ0) is 17.1. The summed E-state index contributed by atoms with van der Waals surface area (Å²) in [5.74, 6) is -0.182. The number of rotatable bonds is 4. The van der Waals surface area contributed by atoms with E-state index in [0.29, 0.717) is 11.3 Å². The van der Waals surface area contributed by atoms with E-state index in [0.717, 1.165) is 0 Å². The fourth-order valence-corrected chi connectivity index (χ4v) is 2.31. The first-order valence-corrected chi connectivity index (χ1v) is 7.05. The maximum atomic E-state index is 10.8. The van der Waals surface area contributed by atoms with E-state index in [2.05, 4.69) is 20.9 Å². The summed E-state index contributed by atoms with van der Waals surface area (Å²) in [6.45, 7) is 1.66. The molecule has 0 spiro atoms. The topological polar surface area (TPSA) is 119 Å². The molecule has 0 bridgehead atoms. The van der Waals surface area contributed by atoms with Gasteiger partial charge in [0, 0.05) is 36.0 Å². The van der Waals surface area contributed by atoms with E-state index in [-0.39, 0.29) is 27.2 Å². The third-order valence-corrected chi connectivity index (χ3v) is 3.63. The lowest BCUT2D eigenvalue weighted by atomic mass is 10.1. The van der Waals surface area contributed by atoms with Crippen molar-refractivity contribution in [3.63, 3.8) is 0 Å². The highest BCUT2D eigenvalue weighted by molar-refractivity contribution is 9.10. The quantitative estimate of drug-likeness (QED) is 0.488. The van der Waals surface area contributed by atoms with Crippen LogP contribution in [0.3, 0.4) is 0 Å². The molecular formula is C14H10BrN3O5. The lowest BCUT2D eigenvalue weighted by molar-refractivity contribution is -0.385. The number of benzene rings is 2. The molecule has 2 aromatic rings. The Hall–Kier alpha value is -2.81. The number of non-ortho nitro benzene ring substituents is 2. The molecule has 0 radical (unpaired) electrons. The molecule has 2 aromatic carbocycles. The number of aryl methyl sites for hydroxylation is 1. The van der Waals surface area contributed by atoms with Crippen LogP contribution in [0.15, 0.2) is 39.8 Å². The van der Waals surface area contributed by atoms with Gasteiger partial charge in [0.25, 0.3) is 11.4 Å². The summed E-state index contributed by atoms with van der Waals surface area (Å²) in [5, 5.41) is 31.5. The van der Waals surface area contributed by atoms with Gasteiger partial charge in [0.15, 0.2) is 0 Å². The van der Waals surface area contributed by atoms with E-state index < -0.39 is 9.85 Å². The molecule has 0 unspecified atom stereocenters. The van der Waals surface area contributed by atoms with E-state index in [1.54, 1.807) is 6.92 Å². The van der Waals surface area contributed by atoms with Crippen LogP contribution in [-0.4, -0.2) is 21.2 Å². The fraction of sp³-hybridized carbons (Fsp3) is 0.0714. The van der Waals surface area contributed by atoms with Crippen LogP contribution in [0.1, 0.15) is 11.1 Å². The molecule has 0 fully saturated rings. The molecule has 0 aliphatic heterocycles. The van der Waals surface area contributed by atoms with Gasteiger partial charge < -0.3 is 5.11 Å². The summed E-state index contributed by atoms with van der Waals surface area (Å²) in [5.41, 5.74) is 0.930. The predicted molar refractivity (Wildman–Crippen MR) is 87.5 cm³/mol. The monoisotopic (exact) mass is 379 g/mol. The maximum Gasteiger partial charge on any atom is 0.271 e. The van der Waals surface area contributed by atoms with Gasteiger partial charge in [-0.15, -0.1) is 0 Å². The minimum Gasteiger partial charge on any atom is -0.506 e. The van der Waals surface area contributed by atoms with Crippen molar-refractivity contribution in [3.8, 4) is 5.75 Å². The van der Waals surface area contributed by atoms with E-state index in [4.69, 9.17) is 0 Å². The molecule has 8 nitrogen and oxygen atoms in total. The predicted octanol–water partition coefficient (Wildman–Crippen LogP) is 4.03. The van der Waals surface area contributed by atoms with Gasteiger partial charge in [0.2, 0.25) is 0 Å². The van der Waals surface area contributed by atoms with Gasteiger partial charge in [-0.3, -0.25) is 25.2 Å². The van der Waals surface area contributed by atoms with Gasteiger partial charge in [-0.05, 0) is 34.5 Å². The van der Waals surface area contributed by atoms with Gasteiger partial charge in [0.05, 0.1) is 20.0 Å². The molecule has 0 saturated heterocycles. The molecule has 0 aliphatic rings. The van der Waals surface area contributed by atoms with E-state index in [1.165, 1.54) is 36.5 Å². The standard InChI is InChI=1S/C14H10BrN3O5/c1-8-4-10(17(20)21)2-3-13(8)16-7-9-5-11(18(22)23)6-12(15)14(9)19/h2-7,19H,1H3. The van der Waals surface area contributed by atoms with Crippen molar-refractivity contribution in [2.75, 3.05) is 0 Å². The van der Waals surface area contributed by atoms with Crippen molar-refractivity contribution in [2.45, 2.75) is 6.92 Å². The van der Waals surface area contributed by atoms with Crippen molar-refractivity contribution >= 4 is 39.2 Å². The van der Waals surface area contributed by atoms with Crippen LogP contribution in [0.4, 0.5) is 17.1 Å². The summed E-state index contributed by atoms with van der Waals surface area (Å²) < 4.78 is 0.175. The molecule has 0 saturated carbocycles. The number of nitrogens with zero attached hydrogens (tertiary/aromatic N) is 3. The third-order valence-electron chi connectivity index (χ3n) is 3.02. The van der Waals surface area contributed by atoms with Crippen molar-refractivity contribution in [3.05, 3.63) is 66.2 Å². The Bertz CT molecular complexity index is 835. The number of aliphatic imine (C=N–C) groups is 1. The number of phenols is 1. The van der Waals surface area contributed by atoms with Gasteiger partial charge in [-0.25, -0.2) is 0 Å². The number of nitro groups is 2. The Kier molecular flexibility index (Phi) is 4.70. The average molecular weight is 380 g/mol. The van der Waals surface area contributed by atoms with Gasteiger partial charge >= 0.3 is 0 Å². The molecule has 0 heterocycles. The lowest BCUT2D eigenvalue weighted by Gasteiger charge is -2.03. The van der Waals surface area contributed by atoms with Crippen molar-refractivity contribution in [2.24, 2.45) is 4.99 Å². The van der Waals surface area contributed by atoms with E-state index in [9.17, 15) is 25.3 Å². The number of hydrogen-bond acceptors (Lipinski definition) is 6. The highest BCUT2D eigenvalue weighted by atomic mass is 79.9. The van der Waals surface area contributed by atoms with Crippen LogP contribution in [0.2, 0.25) is 0 Å². The Balaban J connectivity index is 2.41. The third kappa shape index (κ3) is 3.69. The average Bonchev–Trinajstić information content (AvgIpc) is 2.49. The summed E-state index contributed by atoms with van der Waals surface area (Å²) in [6.07, 6.45) is 1.27. The van der Waals surface area contributed by atoms with Crippen molar-refractivity contribution in [1.29, 1.82) is 0 Å². The molecule has 1 N–H and O–H groups in total. The van der Waals surface area contributed by atoms with Crippen LogP contribution in [0, 0.1) is 27.2 Å². The van der Waals surface area contributed by atoms with Gasteiger partial charge in [-0.2, -0.15) is 0 Å². The first kappa shape index (κ1) is 16.6. The lowest BCUT2D eigenvalue weighted by Crippen LogP contribution is -1.92. The minimum absolute atomic E-state index is 0.0533. The second-order valence-electron chi connectivity index (χ2n) is 4.61. The number of halogens is 1. The molecule has 0 amide bonds. The highest BCUT2D eigenvalue weighted by Crippen LogP contribution is 2.32. The van der Waals surface area contributed by atoms with Crippen molar-refractivity contribution in [1.82, 2.24) is 0 Å². The second-order valence-corrected chi connectivity index (χ2v) is 5.46. The molecule has 2 rings (SSSR count). The molecular weight excluding hydrogens is 370 g/mol. The molecule has 0 atom stereocenters. The smallest absolute Gasteiger partial charge is 0.271 e. The van der Waals surface area contributed by atoms with Crippen LogP contribution < -0.4 is 0 Å². The Labute approximate surface area is 138 Å². The molecule has 23 heavy (non-hydrogen) atoms. The largest absolute Gasteiger partial charge is 0.506 e. The zero-order valence-electron chi connectivity index (χ0n) is 11.8. The van der Waals surface area contributed by atoms with E-state index >= 15 is 0 Å². The van der Waals surface area contributed by atoms with Crippen LogP contribution >= 0.6 is 15.9 Å². The normalized spacial score (nSPS) is 10.9. The Morgan fingerprint density at radius 2 is 1.78 bits per heavy atom. The van der Waals surface area contributed by atoms with Crippen LogP contribution in [0.5, 0.6) is 5.75 Å². The number of hydrogen-bond donors (Lipinski definition) is 1. The van der Waals surface area contributed by atoms with Crippen molar-refractivity contribution < 1.29 is 15.0 Å². The maximum absolute atomic E-state index is 10.8. The fourth-order valence-electron chi connectivity index (χ4n) is 1.85. The molecule has 0 aromatic heterocycles. The highest BCUT2D eigenvalue weighted by Gasteiger charge is 2.14. The van der Waals surface area contributed by atoms with Gasteiger partial charge in [-0.1, -0.05) is 0 Å².